The van der Waals surface area contributed by atoms with Crippen LogP contribution in [0.5, 0.6) is 0 Å². The summed E-state index contributed by atoms with van der Waals surface area (Å²) in [6.45, 7) is 6.29. The minimum atomic E-state index is -4.61. The number of nitrogens with zero attached hydrogens (tertiary/aromatic N) is 6. The topological polar surface area (TPSA) is 49.6 Å². The molecule has 6 nitrogen and oxygen atoms in total. The van der Waals surface area contributed by atoms with Crippen LogP contribution in [0.4, 0.5) is 24.7 Å². The molecule has 3 heterocycles. The summed E-state index contributed by atoms with van der Waals surface area (Å²) in [5.74, 6) is -0.578. The lowest BCUT2D eigenvalue weighted by atomic mass is 10.1. The van der Waals surface area contributed by atoms with Crippen molar-refractivity contribution in [3.63, 3.8) is 0 Å². The smallest absolute Gasteiger partial charge is 0.368 e. The maximum Gasteiger partial charge on any atom is 0.453 e. The molecular weight excluding hydrogens is 393 g/mol. The molecule has 148 valence electrons. The Bertz CT molecular complexity index is 1020. The van der Waals surface area contributed by atoms with Crippen LogP contribution in [0.15, 0.2) is 24.3 Å². The predicted molar refractivity (Wildman–Crippen MR) is 101 cm³/mol. The highest BCUT2D eigenvalue weighted by Gasteiger charge is 2.38. The third-order valence-electron chi connectivity index (χ3n) is 5.07. The normalized spacial score (nSPS) is 15.5. The Morgan fingerprint density at radius 1 is 0.964 bits per heavy atom. The van der Waals surface area contributed by atoms with Gasteiger partial charge in [0.05, 0.1) is 0 Å². The van der Waals surface area contributed by atoms with Crippen molar-refractivity contribution in [1.29, 1.82) is 0 Å². The quantitative estimate of drug-likeness (QED) is 0.644. The lowest BCUT2D eigenvalue weighted by Gasteiger charge is -2.37. The number of rotatable bonds is 2. The predicted octanol–water partition coefficient (Wildman–Crippen LogP) is 3.74. The number of halogens is 4. The molecule has 0 amide bonds. The fourth-order valence-corrected chi connectivity index (χ4v) is 3.62. The molecule has 28 heavy (non-hydrogen) atoms. The Hall–Kier alpha value is -2.55. The van der Waals surface area contributed by atoms with Gasteiger partial charge in [-0.1, -0.05) is 17.7 Å². The van der Waals surface area contributed by atoms with Crippen molar-refractivity contribution < 1.29 is 13.2 Å². The lowest BCUT2D eigenvalue weighted by molar-refractivity contribution is -0.146. The fourth-order valence-electron chi connectivity index (χ4n) is 3.44. The third kappa shape index (κ3) is 3.23. The number of piperazine rings is 1. The first kappa shape index (κ1) is 18.8. The van der Waals surface area contributed by atoms with Crippen molar-refractivity contribution in [2.75, 3.05) is 36.0 Å². The Kier molecular flexibility index (Phi) is 4.57. The summed E-state index contributed by atoms with van der Waals surface area (Å²) < 4.78 is 40.5. The van der Waals surface area contributed by atoms with Crippen molar-refractivity contribution in [3.8, 4) is 0 Å². The van der Waals surface area contributed by atoms with Crippen LogP contribution in [0, 0.1) is 13.8 Å². The largest absolute Gasteiger partial charge is 0.453 e. The van der Waals surface area contributed by atoms with E-state index in [-0.39, 0.29) is 5.65 Å². The van der Waals surface area contributed by atoms with Crippen molar-refractivity contribution >= 4 is 28.8 Å². The van der Waals surface area contributed by atoms with E-state index in [0.717, 1.165) is 15.8 Å². The molecule has 2 aromatic heterocycles. The SMILES string of the molecule is Cc1c(N2CCN(c3cccc(Cl)c3)CC2)nn2c(C(F)(F)F)nnc2c1C. The molecule has 0 unspecified atom stereocenters. The molecule has 0 aliphatic carbocycles. The van der Waals surface area contributed by atoms with E-state index in [4.69, 9.17) is 11.6 Å². The van der Waals surface area contributed by atoms with Gasteiger partial charge in [-0.2, -0.15) is 17.7 Å². The van der Waals surface area contributed by atoms with Gasteiger partial charge in [0.1, 0.15) is 0 Å². The number of anilines is 2. The van der Waals surface area contributed by atoms with E-state index < -0.39 is 12.0 Å². The first-order chi connectivity index (χ1) is 13.3. The van der Waals surface area contributed by atoms with E-state index >= 15 is 0 Å². The van der Waals surface area contributed by atoms with Crippen molar-refractivity contribution in [3.05, 3.63) is 46.2 Å². The van der Waals surface area contributed by atoms with Gasteiger partial charge in [-0.15, -0.1) is 15.3 Å². The summed E-state index contributed by atoms with van der Waals surface area (Å²) in [7, 11) is 0. The van der Waals surface area contributed by atoms with Crippen LogP contribution in [0.3, 0.4) is 0 Å². The standard InChI is InChI=1S/C18H18ClF3N6/c1-11-12(2)16(25-28-15(11)23-24-17(28)18(20,21)22)27-8-6-26(7-9-27)14-5-3-4-13(19)10-14/h3-5,10H,6-9H2,1-2H3. The zero-order chi connectivity index (χ0) is 20.1. The molecule has 0 saturated carbocycles. The Balaban J connectivity index is 1.64. The van der Waals surface area contributed by atoms with Gasteiger partial charge < -0.3 is 9.80 Å². The van der Waals surface area contributed by atoms with Gasteiger partial charge in [-0.3, -0.25) is 0 Å². The molecule has 3 aromatic rings. The zero-order valence-electron chi connectivity index (χ0n) is 15.3. The average Bonchev–Trinajstić information content (AvgIpc) is 3.09. The van der Waals surface area contributed by atoms with E-state index in [9.17, 15) is 13.2 Å². The van der Waals surface area contributed by atoms with Gasteiger partial charge in [-0.25, -0.2) is 0 Å². The van der Waals surface area contributed by atoms with E-state index in [1.165, 1.54) is 0 Å². The summed E-state index contributed by atoms with van der Waals surface area (Å²) in [6.07, 6.45) is -4.61. The number of aromatic nitrogens is 4. The summed E-state index contributed by atoms with van der Waals surface area (Å²) in [4.78, 5) is 4.20. The van der Waals surface area contributed by atoms with Crippen LogP contribution in [0.1, 0.15) is 17.0 Å². The molecular formula is C18H18ClF3N6. The van der Waals surface area contributed by atoms with Crippen LogP contribution in [-0.2, 0) is 6.18 Å². The number of benzene rings is 1. The number of hydrogen-bond donors (Lipinski definition) is 0. The second kappa shape index (κ2) is 6.80. The first-order valence-corrected chi connectivity index (χ1v) is 9.19. The van der Waals surface area contributed by atoms with Crippen molar-refractivity contribution in [1.82, 2.24) is 19.8 Å². The minimum absolute atomic E-state index is 0.131. The molecule has 0 radical (unpaired) electrons. The molecule has 0 atom stereocenters. The van der Waals surface area contributed by atoms with Gasteiger partial charge in [-0.05, 0) is 32.0 Å². The average molecular weight is 411 g/mol. The molecule has 0 N–H and O–H groups in total. The summed E-state index contributed by atoms with van der Waals surface area (Å²) >= 11 is 6.07. The second-order valence-electron chi connectivity index (χ2n) is 6.78. The third-order valence-corrected chi connectivity index (χ3v) is 5.31. The summed E-state index contributed by atoms with van der Waals surface area (Å²) in [5, 5.41) is 11.9. The molecule has 0 spiro atoms. The molecule has 0 bridgehead atoms. The van der Waals surface area contributed by atoms with Crippen LogP contribution in [-0.4, -0.2) is 46.0 Å². The molecule has 1 aromatic carbocycles. The van der Waals surface area contributed by atoms with E-state index in [2.05, 4.69) is 20.2 Å². The maximum atomic E-state index is 13.2. The molecule has 1 saturated heterocycles. The highest BCUT2D eigenvalue weighted by molar-refractivity contribution is 6.30. The fraction of sp³-hybridized carbons (Fsp3) is 0.389. The van der Waals surface area contributed by atoms with Gasteiger partial charge in [0.2, 0.25) is 0 Å². The summed E-state index contributed by atoms with van der Waals surface area (Å²) in [6, 6.07) is 7.62. The minimum Gasteiger partial charge on any atom is -0.368 e. The zero-order valence-corrected chi connectivity index (χ0v) is 16.1. The monoisotopic (exact) mass is 410 g/mol. The van der Waals surface area contributed by atoms with Crippen molar-refractivity contribution in [2.24, 2.45) is 0 Å². The van der Waals surface area contributed by atoms with Gasteiger partial charge in [0.25, 0.3) is 5.82 Å². The van der Waals surface area contributed by atoms with Crippen LogP contribution >= 0.6 is 11.6 Å². The number of hydrogen-bond acceptors (Lipinski definition) is 5. The van der Waals surface area contributed by atoms with Gasteiger partial charge in [0, 0.05) is 48.0 Å². The van der Waals surface area contributed by atoms with Crippen LogP contribution in [0.25, 0.3) is 5.65 Å². The van der Waals surface area contributed by atoms with Gasteiger partial charge >= 0.3 is 6.18 Å². The number of alkyl halides is 3. The van der Waals surface area contributed by atoms with Crippen LogP contribution < -0.4 is 9.80 Å². The van der Waals surface area contributed by atoms with E-state index in [1.54, 1.807) is 6.92 Å². The number of aryl methyl sites for hydroxylation is 1. The summed E-state index contributed by atoms with van der Waals surface area (Å²) in [5.41, 5.74) is 2.61. The van der Waals surface area contributed by atoms with Crippen LogP contribution in [0.2, 0.25) is 5.02 Å². The molecule has 1 aliphatic heterocycles. The molecule has 1 fully saturated rings. The van der Waals surface area contributed by atoms with Crippen molar-refractivity contribution in [2.45, 2.75) is 20.0 Å². The maximum absolute atomic E-state index is 13.2. The Morgan fingerprint density at radius 2 is 1.64 bits per heavy atom. The highest BCUT2D eigenvalue weighted by atomic mass is 35.5. The Morgan fingerprint density at radius 3 is 2.29 bits per heavy atom. The van der Waals surface area contributed by atoms with E-state index in [0.29, 0.717) is 42.6 Å². The highest BCUT2D eigenvalue weighted by Crippen LogP contribution is 2.31. The van der Waals surface area contributed by atoms with E-state index in [1.807, 2.05) is 36.1 Å². The molecule has 1 aliphatic rings. The molecule has 4 rings (SSSR count). The number of fused-ring (bicyclic) bond motifs is 1. The van der Waals surface area contributed by atoms with Gasteiger partial charge in [0.15, 0.2) is 11.5 Å². The Labute approximate surface area is 164 Å². The lowest BCUT2D eigenvalue weighted by Crippen LogP contribution is -2.47. The molecule has 10 heteroatoms. The second-order valence-corrected chi connectivity index (χ2v) is 7.22. The first-order valence-electron chi connectivity index (χ1n) is 8.81.